The second-order valence-corrected chi connectivity index (χ2v) is 7.20. The molecule has 1 amide bonds. The van der Waals surface area contributed by atoms with Gasteiger partial charge in [-0.2, -0.15) is 0 Å². The van der Waals surface area contributed by atoms with Gasteiger partial charge in [-0.25, -0.2) is 0 Å². The van der Waals surface area contributed by atoms with Crippen LogP contribution in [0.25, 0.3) is 10.6 Å². The van der Waals surface area contributed by atoms with Crippen LogP contribution in [0.4, 0.5) is 0 Å². The molecule has 1 atom stereocenters. The fourth-order valence-corrected chi connectivity index (χ4v) is 3.80. The molecule has 7 heteroatoms. The summed E-state index contributed by atoms with van der Waals surface area (Å²) in [5.74, 6) is 2.03. The smallest absolute Gasteiger partial charge is 0.230 e. The molecule has 3 heterocycles. The molecule has 0 radical (unpaired) electrons. The molecule has 22 heavy (non-hydrogen) atoms. The van der Waals surface area contributed by atoms with Gasteiger partial charge >= 0.3 is 0 Å². The van der Waals surface area contributed by atoms with Crippen LogP contribution < -0.4 is 10.6 Å². The molecule has 0 saturated carbocycles. The Balaban J connectivity index is 1.40. The number of nitrogens with one attached hydrogen (secondary N) is 2. The van der Waals surface area contributed by atoms with Crippen molar-refractivity contribution >= 4 is 29.0 Å². The average Bonchev–Trinajstić information content (AvgIpc) is 3.19. The van der Waals surface area contributed by atoms with E-state index < -0.39 is 0 Å². The van der Waals surface area contributed by atoms with Crippen LogP contribution in [0.15, 0.2) is 28.1 Å². The van der Waals surface area contributed by atoms with E-state index in [1.54, 1.807) is 23.1 Å². The van der Waals surface area contributed by atoms with Crippen LogP contribution in [0.3, 0.4) is 0 Å². The SMILES string of the molecule is O=C(CSCc1cc(-c2cccs2)on1)N[C@H]1CCCNC1. The highest BCUT2D eigenvalue weighted by Crippen LogP contribution is 2.26. The van der Waals surface area contributed by atoms with Gasteiger partial charge in [0.15, 0.2) is 5.76 Å². The molecule has 0 aliphatic carbocycles. The second kappa shape index (κ2) is 7.80. The van der Waals surface area contributed by atoms with E-state index in [0.717, 1.165) is 42.3 Å². The number of aromatic nitrogens is 1. The highest BCUT2D eigenvalue weighted by atomic mass is 32.2. The van der Waals surface area contributed by atoms with Crippen molar-refractivity contribution in [3.05, 3.63) is 29.3 Å². The van der Waals surface area contributed by atoms with Gasteiger partial charge in [0.1, 0.15) is 0 Å². The number of carbonyl (C=O) groups excluding carboxylic acids is 1. The molecule has 0 spiro atoms. The van der Waals surface area contributed by atoms with Crippen LogP contribution in [0, 0.1) is 0 Å². The molecular formula is C15H19N3O2S2. The molecule has 2 aromatic rings. The summed E-state index contributed by atoms with van der Waals surface area (Å²) in [7, 11) is 0. The monoisotopic (exact) mass is 337 g/mol. The molecule has 1 aliphatic heterocycles. The number of thioether (sulfide) groups is 1. The van der Waals surface area contributed by atoms with E-state index in [2.05, 4.69) is 15.8 Å². The van der Waals surface area contributed by atoms with Gasteiger partial charge in [0, 0.05) is 24.4 Å². The number of nitrogens with zero attached hydrogens (tertiary/aromatic N) is 1. The summed E-state index contributed by atoms with van der Waals surface area (Å²) in [6, 6.07) is 6.22. The molecular weight excluding hydrogens is 318 g/mol. The zero-order valence-electron chi connectivity index (χ0n) is 12.2. The van der Waals surface area contributed by atoms with Gasteiger partial charge in [0.05, 0.1) is 16.3 Å². The largest absolute Gasteiger partial charge is 0.355 e. The Morgan fingerprint density at radius 2 is 2.55 bits per heavy atom. The number of piperidine rings is 1. The quantitative estimate of drug-likeness (QED) is 0.848. The number of amides is 1. The van der Waals surface area contributed by atoms with Crippen molar-refractivity contribution in [2.75, 3.05) is 18.8 Å². The Morgan fingerprint density at radius 3 is 3.32 bits per heavy atom. The zero-order chi connectivity index (χ0) is 15.2. The van der Waals surface area contributed by atoms with E-state index in [9.17, 15) is 4.79 Å². The van der Waals surface area contributed by atoms with Crippen molar-refractivity contribution in [1.29, 1.82) is 0 Å². The van der Waals surface area contributed by atoms with Crippen LogP contribution in [0.1, 0.15) is 18.5 Å². The molecule has 1 aliphatic rings. The lowest BCUT2D eigenvalue weighted by Gasteiger charge is -2.23. The lowest BCUT2D eigenvalue weighted by atomic mass is 10.1. The van der Waals surface area contributed by atoms with Crippen molar-refractivity contribution in [3.8, 4) is 10.6 Å². The van der Waals surface area contributed by atoms with Gasteiger partial charge in [0.2, 0.25) is 5.91 Å². The molecule has 0 unspecified atom stereocenters. The summed E-state index contributed by atoms with van der Waals surface area (Å²) < 4.78 is 5.33. The number of carbonyl (C=O) groups is 1. The topological polar surface area (TPSA) is 67.2 Å². The third-order valence-electron chi connectivity index (χ3n) is 3.47. The van der Waals surface area contributed by atoms with Gasteiger partial charge in [-0.05, 0) is 30.8 Å². The van der Waals surface area contributed by atoms with E-state index in [-0.39, 0.29) is 11.9 Å². The fraction of sp³-hybridized carbons (Fsp3) is 0.467. The van der Waals surface area contributed by atoms with E-state index in [1.807, 2.05) is 23.6 Å². The summed E-state index contributed by atoms with van der Waals surface area (Å²) in [5, 5.41) is 12.4. The summed E-state index contributed by atoms with van der Waals surface area (Å²) in [4.78, 5) is 13.0. The van der Waals surface area contributed by atoms with Crippen LogP contribution in [-0.4, -0.2) is 35.9 Å². The van der Waals surface area contributed by atoms with E-state index in [1.165, 1.54) is 0 Å². The fourth-order valence-electron chi connectivity index (χ4n) is 2.41. The summed E-state index contributed by atoms with van der Waals surface area (Å²) in [6.45, 7) is 1.93. The molecule has 2 aromatic heterocycles. The molecule has 2 N–H and O–H groups in total. The molecule has 1 saturated heterocycles. The number of rotatable bonds is 6. The van der Waals surface area contributed by atoms with Crippen molar-refractivity contribution < 1.29 is 9.32 Å². The Bertz CT molecular complexity index is 592. The minimum atomic E-state index is 0.0978. The Morgan fingerprint density at radius 1 is 1.59 bits per heavy atom. The first-order valence-corrected chi connectivity index (χ1v) is 9.42. The molecule has 0 aromatic carbocycles. The van der Waals surface area contributed by atoms with Gasteiger partial charge in [0.25, 0.3) is 0 Å². The number of thiophene rings is 1. The minimum absolute atomic E-state index is 0.0978. The molecule has 5 nitrogen and oxygen atoms in total. The van der Waals surface area contributed by atoms with E-state index in [4.69, 9.17) is 4.52 Å². The lowest BCUT2D eigenvalue weighted by Crippen LogP contribution is -2.46. The van der Waals surface area contributed by atoms with Crippen molar-refractivity contribution in [2.45, 2.75) is 24.6 Å². The van der Waals surface area contributed by atoms with Crippen LogP contribution in [0.5, 0.6) is 0 Å². The van der Waals surface area contributed by atoms with Crippen molar-refractivity contribution in [1.82, 2.24) is 15.8 Å². The van der Waals surface area contributed by atoms with Gasteiger partial charge in [-0.1, -0.05) is 11.2 Å². The first kappa shape index (κ1) is 15.6. The third kappa shape index (κ3) is 4.34. The average molecular weight is 337 g/mol. The highest BCUT2D eigenvalue weighted by Gasteiger charge is 2.15. The summed E-state index contributed by atoms with van der Waals surface area (Å²) in [6.07, 6.45) is 2.19. The third-order valence-corrected chi connectivity index (χ3v) is 5.32. The highest BCUT2D eigenvalue weighted by molar-refractivity contribution is 7.99. The van der Waals surface area contributed by atoms with Crippen LogP contribution in [0.2, 0.25) is 0 Å². The van der Waals surface area contributed by atoms with Crippen molar-refractivity contribution in [3.63, 3.8) is 0 Å². The maximum atomic E-state index is 11.9. The number of hydrogen-bond donors (Lipinski definition) is 2. The van der Waals surface area contributed by atoms with Crippen LogP contribution in [-0.2, 0) is 10.5 Å². The van der Waals surface area contributed by atoms with Gasteiger partial charge in [-0.15, -0.1) is 23.1 Å². The second-order valence-electron chi connectivity index (χ2n) is 5.26. The maximum Gasteiger partial charge on any atom is 0.230 e. The first-order chi connectivity index (χ1) is 10.8. The molecule has 0 bridgehead atoms. The Hall–Kier alpha value is -1.31. The summed E-state index contributed by atoms with van der Waals surface area (Å²) in [5.41, 5.74) is 0.875. The van der Waals surface area contributed by atoms with E-state index in [0.29, 0.717) is 11.5 Å². The minimum Gasteiger partial charge on any atom is -0.355 e. The standard InChI is InChI=1S/C15H19N3O2S2/c19-15(17-11-3-1-5-16-8-11)10-21-9-12-7-13(20-18-12)14-4-2-6-22-14/h2,4,6-7,11,16H,1,3,5,8-10H2,(H,17,19)/t11-/m0/s1. The van der Waals surface area contributed by atoms with Gasteiger partial charge < -0.3 is 15.2 Å². The Kier molecular flexibility index (Phi) is 5.53. The maximum absolute atomic E-state index is 11.9. The van der Waals surface area contributed by atoms with Crippen LogP contribution >= 0.6 is 23.1 Å². The zero-order valence-corrected chi connectivity index (χ0v) is 13.8. The first-order valence-electron chi connectivity index (χ1n) is 7.38. The number of hydrogen-bond acceptors (Lipinski definition) is 6. The van der Waals surface area contributed by atoms with E-state index >= 15 is 0 Å². The molecule has 1 fully saturated rings. The predicted molar refractivity (Wildman–Crippen MR) is 90.0 cm³/mol. The van der Waals surface area contributed by atoms with Gasteiger partial charge in [-0.3, -0.25) is 4.79 Å². The van der Waals surface area contributed by atoms with Crippen molar-refractivity contribution in [2.24, 2.45) is 0 Å². The molecule has 3 rings (SSSR count). The normalized spacial score (nSPS) is 18.3. The molecule has 118 valence electrons. The lowest BCUT2D eigenvalue weighted by molar-refractivity contribution is -0.119. The Labute approximate surface area is 137 Å². The predicted octanol–water partition coefficient (Wildman–Crippen LogP) is 2.50. The summed E-state index contributed by atoms with van der Waals surface area (Å²) >= 11 is 3.19.